The Morgan fingerprint density at radius 2 is 1.87 bits per heavy atom. The van der Waals surface area contributed by atoms with Crippen molar-refractivity contribution in [3.63, 3.8) is 0 Å². The number of nitrogens with one attached hydrogen (secondary N) is 1. The van der Waals surface area contributed by atoms with Crippen molar-refractivity contribution in [2.75, 3.05) is 13.6 Å². The van der Waals surface area contributed by atoms with E-state index in [1.54, 1.807) is 13.8 Å². The highest BCUT2D eigenvalue weighted by Gasteiger charge is 2.21. The van der Waals surface area contributed by atoms with Crippen molar-refractivity contribution in [2.45, 2.75) is 39.0 Å². The van der Waals surface area contributed by atoms with Gasteiger partial charge in [-0.2, -0.15) is 12.7 Å². The minimum atomic E-state index is -3.50. The molecule has 0 bridgehead atoms. The lowest BCUT2D eigenvalue weighted by Crippen LogP contribution is -2.48. The van der Waals surface area contributed by atoms with Crippen LogP contribution in [0.2, 0.25) is 0 Å². The van der Waals surface area contributed by atoms with Crippen LogP contribution in [0.15, 0.2) is 0 Å². The number of rotatable bonds is 6. The maximum absolute atomic E-state index is 11.6. The average molecular weight is 239 g/mol. The SMILES string of the molecule is CC(O)C(N)CNS(=O)(=O)N(C)C(C)C. The van der Waals surface area contributed by atoms with Crippen LogP contribution in [0.4, 0.5) is 0 Å². The quantitative estimate of drug-likeness (QED) is 0.546. The van der Waals surface area contributed by atoms with Gasteiger partial charge in [0.2, 0.25) is 0 Å². The fourth-order valence-electron chi connectivity index (χ4n) is 0.751. The fraction of sp³-hybridized carbons (Fsp3) is 1.00. The molecule has 0 radical (unpaired) electrons. The number of nitrogens with two attached hydrogens (primary N) is 1. The molecule has 92 valence electrons. The Morgan fingerprint density at radius 3 is 2.20 bits per heavy atom. The van der Waals surface area contributed by atoms with Crippen molar-refractivity contribution >= 4 is 10.2 Å². The van der Waals surface area contributed by atoms with Gasteiger partial charge in [-0.05, 0) is 20.8 Å². The van der Waals surface area contributed by atoms with E-state index in [1.165, 1.54) is 18.3 Å². The first-order valence-electron chi connectivity index (χ1n) is 4.84. The minimum Gasteiger partial charge on any atom is -0.392 e. The molecule has 0 fully saturated rings. The molecule has 4 N–H and O–H groups in total. The summed E-state index contributed by atoms with van der Waals surface area (Å²) in [6.45, 7) is 5.09. The molecule has 0 aliphatic carbocycles. The van der Waals surface area contributed by atoms with E-state index < -0.39 is 22.4 Å². The highest BCUT2D eigenvalue weighted by molar-refractivity contribution is 7.87. The standard InChI is InChI=1S/C8H21N3O3S/c1-6(2)11(4)15(13,14)10-5-8(9)7(3)12/h6-8,10,12H,5,9H2,1-4H3. The normalized spacial score (nSPS) is 17.1. The second-order valence-corrected chi connectivity index (χ2v) is 5.68. The number of aliphatic hydroxyl groups excluding tert-OH is 1. The summed E-state index contributed by atoms with van der Waals surface area (Å²) in [6, 6.07) is -0.717. The summed E-state index contributed by atoms with van der Waals surface area (Å²) in [5, 5.41) is 9.09. The van der Waals surface area contributed by atoms with Crippen molar-refractivity contribution < 1.29 is 13.5 Å². The number of hydrogen-bond donors (Lipinski definition) is 3. The first-order valence-corrected chi connectivity index (χ1v) is 6.28. The summed E-state index contributed by atoms with van der Waals surface area (Å²) in [7, 11) is -2.01. The molecule has 7 heteroatoms. The van der Waals surface area contributed by atoms with Crippen molar-refractivity contribution in [3.8, 4) is 0 Å². The molecule has 0 aliphatic heterocycles. The van der Waals surface area contributed by atoms with E-state index in [0.29, 0.717) is 0 Å². The highest BCUT2D eigenvalue weighted by atomic mass is 32.2. The van der Waals surface area contributed by atoms with Crippen LogP contribution in [-0.4, -0.2) is 49.6 Å². The molecule has 2 atom stereocenters. The second kappa shape index (κ2) is 5.76. The fourth-order valence-corrected chi connectivity index (χ4v) is 1.91. The monoisotopic (exact) mass is 239 g/mol. The molecule has 0 saturated carbocycles. The van der Waals surface area contributed by atoms with Gasteiger partial charge in [0, 0.05) is 25.7 Å². The summed E-state index contributed by atoms with van der Waals surface area (Å²) in [4.78, 5) is 0. The van der Waals surface area contributed by atoms with Crippen LogP contribution in [0.25, 0.3) is 0 Å². The predicted octanol–water partition coefficient (Wildman–Crippen LogP) is -1.13. The third-order valence-electron chi connectivity index (χ3n) is 2.23. The topological polar surface area (TPSA) is 95.7 Å². The summed E-state index contributed by atoms with van der Waals surface area (Å²) in [5.74, 6) is 0. The summed E-state index contributed by atoms with van der Waals surface area (Å²) in [6.07, 6.45) is -0.739. The van der Waals surface area contributed by atoms with Crippen molar-refractivity contribution in [1.82, 2.24) is 9.03 Å². The second-order valence-electron chi connectivity index (χ2n) is 3.87. The van der Waals surface area contributed by atoms with Crippen LogP contribution >= 0.6 is 0 Å². The first kappa shape index (κ1) is 14.8. The molecule has 15 heavy (non-hydrogen) atoms. The Bertz CT molecular complexity index is 277. The number of aliphatic hydroxyl groups is 1. The van der Waals surface area contributed by atoms with Crippen molar-refractivity contribution in [2.24, 2.45) is 5.73 Å². The first-order chi connectivity index (χ1) is 6.68. The molecule has 2 unspecified atom stereocenters. The van der Waals surface area contributed by atoms with E-state index in [2.05, 4.69) is 4.72 Å². The van der Waals surface area contributed by atoms with Gasteiger partial charge in [0.05, 0.1) is 6.10 Å². The van der Waals surface area contributed by atoms with Gasteiger partial charge in [0.25, 0.3) is 10.2 Å². The summed E-state index contributed by atoms with van der Waals surface area (Å²) >= 11 is 0. The Morgan fingerprint density at radius 1 is 1.40 bits per heavy atom. The molecule has 0 aromatic heterocycles. The van der Waals surface area contributed by atoms with Gasteiger partial charge in [-0.15, -0.1) is 0 Å². The van der Waals surface area contributed by atoms with Gasteiger partial charge in [0.1, 0.15) is 0 Å². The van der Waals surface area contributed by atoms with E-state index in [9.17, 15) is 8.42 Å². The maximum Gasteiger partial charge on any atom is 0.279 e. The van der Waals surface area contributed by atoms with Crippen LogP contribution < -0.4 is 10.5 Å². The molecule has 6 nitrogen and oxygen atoms in total. The molecule has 0 aromatic rings. The Balaban J connectivity index is 4.29. The molecule has 0 rings (SSSR count). The molecule has 0 heterocycles. The molecular weight excluding hydrogens is 218 g/mol. The zero-order valence-electron chi connectivity index (χ0n) is 9.64. The molecule has 0 aromatic carbocycles. The highest BCUT2D eigenvalue weighted by Crippen LogP contribution is 2.00. The summed E-state index contributed by atoms with van der Waals surface area (Å²) < 4.78 is 26.7. The van der Waals surface area contributed by atoms with Crippen LogP contribution in [0.3, 0.4) is 0 Å². The van der Waals surface area contributed by atoms with E-state index in [-0.39, 0.29) is 12.6 Å². The van der Waals surface area contributed by atoms with Gasteiger partial charge in [-0.25, -0.2) is 4.72 Å². The van der Waals surface area contributed by atoms with Crippen LogP contribution in [-0.2, 0) is 10.2 Å². The van der Waals surface area contributed by atoms with Crippen molar-refractivity contribution in [1.29, 1.82) is 0 Å². The third kappa shape index (κ3) is 4.89. The van der Waals surface area contributed by atoms with Gasteiger partial charge >= 0.3 is 0 Å². The van der Waals surface area contributed by atoms with Gasteiger partial charge in [-0.3, -0.25) is 0 Å². The van der Waals surface area contributed by atoms with Crippen LogP contribution in [0.5, 0.6) is 0 Å². The van der Waals surface area contributed by atoms with Crippen molar-refractivity contribution in [3.05, 3.63) is 0 Å². The summed E-state index contributed by atoms with van der Waals surface area (Å²) in [5.41, 5.74) is 5.50. The number of hydrogen-bond acceptors (Lipinski definition) is 4. The predicted molar refractivity (Wildman–Crippen MR) is 59.5 cm³/mol. The Kier molecular flexibility index (Phi) is 5.68. The molecule has 0 aliphatic rings. The van der Waals surface area contributed by atoms with Gasteiger partial charge in [-0.1, -0.05) is 0 Å². The lowest BCUT2D eigenvalue weighted by molar-refractivity contribution is 0.164. The van der Waals surface area contributed by atoms with E-state index in [1.807, 2.05) is 0 Å². The lowest BCUT2D eigenvalue weighted by Gasteiger charge is -2.23. The number of nitrogens with zero attached hydrogens (tertiary/aromatic N) is 1. The average Bonchev–Trinajstić information content (AvgIpc) is 2.12. The smallest absolute Gasteiger partial charge is 0.279 e. The molecular formula is C8H21N3O3S. The Labute approximate surface area is 91.6 Å². The van der Waals surface area contributed by atoms with E-state index >= 15 is 0 Å². The lowest BCUT2D eigenvalue weighted by atomic mass is 10.2. The molecule has 0 spiro atoms. The minimum absolute atomic E-state index is 0.0249. The third-order valence-corrected chi connectivity index (χ3v) is 3.94. The zero-order chi connectivity index (χ0) is 12.2. The molecule has 0 amide bonds. The van der Waals surface area contributed by atoms with Crippen LogP contribution in [0, 0.1) is 0 Å². The Hall–Kier alpha value is -0.210. The van der Waals surface area contributed by atoms with Crippen LogP contribution in [0.1, 0.15) is 20.8 Å². The largest absolute Gasteiger partial charge is 0.392 e. The molecule has 0 saturated heterocycles. The van der Waals surface area contributed by atoms with Gasteiger partial charge in [0.15, 0.2) is 0 Å². The van der Waals surface area contributed by atoms with E-state index in [4.69, 9.17) is 10.8 Å². The zero-order valence-corrected chi connectivity index (χ0v) is 10.5. The van der Waals surface area contributed by atoms with Gasteiger partial charge < -0.3 is 10.8 Å². The maximum atomic E-state index is 11.6. The van der Waals surface area contributed by atoms with E-state index in [0.717, 1.165) is 0 Å².